The molecule has 36 heavy (non-hydrogen) atoms. The van der Waals surface area contributed by atoms with Crippen LogP contribution in [0.15, 0.2) is 25.3 Å². The number of rotatable bonds is 12. The predicted octanol–water partition coefficient (Wildman–Crippen LogP) is 2.99. The summed E-state index contributed by atoms with van der Waals surface area (Å²) >= 11 is 0. The van der Waals surface area contributed by atoms with Crippen molar-refractivity contribution in [2.45, 2.75) is 94.4 Å². The highest BCUT2D eigenvalue weighted by atomic mass is 16.6. The van der Waals surface area contributed by atoms with Gasteiger partial charge in [-0.25, -0.2) is 0 Å². The average Bonchev–Trinajstić information content (AvgIpc) is 3.49. The normalized spacial score (nSPS) is 33.4. The maximum Gasteiger partial charge on any atom is 0.312 e. The first-order valence-electron chi connectivity index (χ1n) is 13.7. The third-order valence-electron chi connectivity index (χ3n) is 8.92. The Labute approximate surface area is 214 Å². The van der Waals surface area contributed by atoms with E-state index in [-0.39, 0.29) is 37.6 Å². The molecule has 0 aromatic carbocycles. The number of carbonyl (C=O) groups excluding carboxylic acids is 3. The smallest absolute Gasteiger partial charge is 0.312 e. The van der Waals surface area contributed by atoms with Crippen molar-refractivity contribution in [2.75, 3.05) is 26.3 Å². The molecule has 1 saturated carbocycles. The van der Waals surface area contributed by atoms with Crippen LogP contribution in [0.3, 0.4) is 0 Å². The first-order chi connectivity index (χ1) is 17.4. The number of fused-ring (bicyclic) bond motifs is 1. The number of hydrogen-bond acceptors (Lipinski definition) is 6. The SMILES string of the molecule is C=CCCOC(=O)[C@H]1[C@H]2C(=O)N(CCCO)C(C(=O)N(CC=C)C3CCCCC3)C23CC[C@]1(CC)O3. The van der Waals surface area contributed by atoms with Crippen LogP contribution in [0.2, 0.25) is 0 Å². The van der Waals surface area contributed by atoms with E-state index in [0.717, 1.165) is 25.7 Å². The summed E-state index contributed by atoms with van der Waals surface area (Å²) in [5.41, 5.74) is -1.86. The van der Waals surface area contributed by atoms with Gasteiger partial charge in [-0.15, -0.1) is 13.2 Å². The van der Waals surface area contributed by atoms with E-state index in [4.69, 9.17) is 9.47 Å². The Morgan fingerprint density at radius 1 is 1.22 bits per heavy atom. The molecule has 2 unspecified atom stereocenters. The number of aliphatic hydroxyl groups excluding tert-OH is 1. The number of hydrogen-bond donors (Lipinski definition) is 1. The third kappa shape index (κ3) is 4.30. The first-order valence-corrected chi connectivity index (χ1v) is 13.7. The molecule has 1 N–H and O–H groups in total. The van der Waals surface area contributed by atoms with Crippen molar-refractivity contribution in [1.82, 2.24) is 9.80 Å². The Morgan fingerprint density at radius 3 is 2.61 bits per heavy atom. The van der Waals surface area contributed by atoms with E-state index < -0.39 is 35.0 Å². The maximum atomic E-state index is 14.4. The third-order valence-corrected chi connectivity index (χ3v) is 8.92. The zero-order valence-electron chi connectivity index (χ0n) is 21.7. The van der Waals surface area contributed by atoms with Crippen LogP contribution < -0.4 is 0 Å². The predicted molar refractivity (Wildman–Crippen MR) is 135 cm³/mol. The van der Waals surface area contributed by atoms with E-state index in [1.54, 1.807) is 17.1 Å². The van der Waals surface area contributed by atoms with E-state index in [1.807, 2.05) is 11.8 Å². The van der Waals surface area contributed by atoms with Crippen molar-refractivity contribution in [2.24, 2.45) is 11.8 Å². The number of likely N-dealkylation sites (tertiary alicyclic amines) is 1. The van der Waals surface area contributed by atoms with Crippen molar-refractivity contribution in [3.63, 3.8) is 0 Å². The standard InChI is InChI=1S/C28H42N2O6/c1-4-7-19-35-26(34)22-21-24(32)30(17-11-18-31)23(28(21)15-14-27(22,6-3)36-28)25(33)29(16-5-2)20-12-9-8-10-13-20/h4-5,20-23,31H,1-2,6-19H2,3H3/t21-,22+,23?,27-,28?/m0/s1. The monoisotopic (exact) mass is 502 g/mol. The van der Waals surface area contributed by atoms with Crippen molar-refractivity contribution in [1.29, 1.82) is 0 Å². The quantitative estimate of drug-likeness (QED) is 0.250. The lowest BCUT2D eigenvalue weighted by Crippen LogP contribution is -2.58. The van der Waals surface area contributed by atoms with E-state index in [2.05, 4.69) is 13.2 Å². The van der Waals surface area contributed by atoms with E-state index in [1.165, 1.54) is 6.42 Å². The second-order valence-electron chi connectivity index (χ2n) is 10.8. The van der Waals surface area contributed by atoms with Gasteiger partial charge in [0, 0.05) is 25.7 Å². The number of aliphatic hydroxyl groups is 1. The molecule has 3 saturated heterocycles. The molecule has 2 amide bonds. The van der Waals surface area contributed by atoms with Crippen molar-refractivity contribution in [3.8, 4) is 0 Å². The fraction of sp³-hybridized carbons (Fsp3) is 0.750. The van der Waals surface area contributed by atoms with Gasteiger partial charge in [0.15, 0.2) is 0 Å². The summed E-state index contributed by atoms with van der Waals surface area (Å²) in [7, 11) is 0. The summed E-state index contributed by atoms with van der Waals surface area (Å²) in [4.78, 5) is 45.2. The van der Waals surface area contributed by atoms with Gasteiger partial charge in [-0.05, 0) is 44.9 Å². The number of amides is 2. The van der Waals surface area contributed by atoms with Gasteiger partial charge in [0.2, 0.25) is 11.8 Å². The Balaban J connectivity index is 1.72. The van der Waals surface area contributed by atoms with Gasteiger partial charge >= 0.3 is 5.97 Å². The highest BCUT2D eigenvalue weighted by Gasteiger charge is 2.79. The summed E-state index contributed by atoms with van der Waals surface area (Å²) in [6.45, 7) is 10.3. The second kappa shape index (κ2) is 11.1. The number of nitrogens with zero attached hydrogens (tertiary/aromatic N) is 2. The molecule has 8 heteroatoms. The van der Waals surface area contributed by atoms with Crippen LogP contribution in [0.4, 0.5) is 0 Å². The molecule has 2 bridgehead atoms. The molecule has 0 radical (unpaired) electrons. The molecular formula is C28H42N2O6. The van der Waals surface area contributed by atoms with Gasteiger partial charge in [-0.2, -0.15) is 0 Å². The Kier molecular flexibility index (Phi) is 8.25. The van der Waals surface area contributed by atoms with Gasteiger partial charge in [-0.1, -0.05) is 38.3 Å². The lowest BCUT2D eigenvalue weighted by molar-refractivity contribution is -0.162. The molecule has 4 rings (SSSR count). The van der Waals surface area contributed by atoms with Gasteiger partial charge in [0.25, 0.3) is 0 Å². The molecule has 8 nitrogen and oxygen atoms in total. The summed E-state index contributed by atoms with van der Waals surface area (Å²) in [6, 6.07) is -0.712. The van der Waals surface area contributed by atoms with E-state index in [9.17, 15) is 19.5 Å². The molecule has 5 atom stereocenters. The van der Waals surface area contributed by atoms with Crippen LogP contribution in [-0.4, -0.2) is 82.3 Å². The highest BCUT2D eigenvalue weighted by Crippen LogP contribution is 2.64. The molecule has 0 aromatic heterocycles. The highest BCUT2D eigenvalue weighted by molar-refractivity contribution is 5.98. The Hall–Kier alpha value is -2.19. The topological polar surface area (TPSA) is 96.4 Å². The van der Waals surface area contributed by atoms with Crippen molar-refractivity contribution >= 4 is 17.8 Å². The molecule has 3 heterocycles. The van der Waals surface area contributed by atoms with Crippen LogP contribution in [-0.2, 0) is 23.9 Å². The number of carbonyl (C=O) groups is 3. The van der Waals surface area contributed by atoms with Gasteiger partial charge in [0.1, 0.15) is 17.6 Å². The molecule has 1 spiro atoms. The summed E-state index contributed by atoms with van der Waals surface area (Å²) in [5.74, 6) is -2.28. The fourth-order valence-electron chi connectivity index (χ4n) is 7.28. The molecule has 4 fully saturated rings. The minimum atomic E-state index is -1.06. The lowest BCUT2D eigenvalue weighted by atomic mass is 9.65. The summed E-state index contributed by atoms with van der Waals surface area (Å²) < 4.78 is 12.4. The Bertz CT molecular complexity index is 870. The van der Waals surface area contributed by atoms with Gasteiger partial charge in [0.05, 0.1) is 18.1 Å². The minimum Gasteiger partial charge on any atom is -0.465 e. The van der Waals surface area contributed by atoms with Crippen LogP contribution in [0.25, 0.3) is 0 Å². The molecule has 0 aromatic rings. The minimum absolute atomic E-state index is 0.0892. The molecule has 4 aliphatic rings. The van der Waals surface area contributed by atoms with Crippen LogP contribution in [0.1, 0.15) is 71.1 Å². The number of ether oxygens (including phenoxy) is 2. The zero-order chi connectivity index (χ0) is 25.9. The van der Waals surface area contributed by atoms with E-state index >= 15 is 0 Å². The van der Waals surface area contributed by atoms with Crippen LogP contribution in [0.5, 0.6) is 0 Å². The van der Waals surface area contributed by atoms with Gasteiger partial charge < -0.3 is 24.4 Å². The average molecular weight is 503 g/mol. The fourth-order valence-corrected chi connectivity index (χ4v) is 7.28. The van der Waals surface area contributed by atoms with Gasteiger partial charge in [-0.3, -0.25) is 14.4 Å². The molecule has 3 aliphatic heterocycles. The number of esters is 1. The second-order valence-corrected chi connectivity index (χ2v) is 10.8. The van der Waals surface area contributed by atoms with Crippen LogP contribution >= 0.6 is 0 Å². The molecular weight excluding hydrogens is 460 g/mol. The Morgan fingerprint density at radius 2 is 1.97 bits per heavy atom. The van der Waals surface area contributed by atoms with Crippen LogP contribution in [0, 0.1) is 11.8 Å². The maximum absolute atomic E-state index is 14.4. The summed E-state index contributed by atoms with van der Waals surface area (Å²) in [6.07, 6.45) is 11.2. The first kappa shape index (κ1) is 26.9. The molecule has 200 valence electrons. The largest absolute Gasteiger partial charge is 0.465 e. The zero-order valence-corrected chi connectivity index (χ0v) is 21.7. The summed E-state index contributed by atoms with van der Waals surface area (Å²) in [5, 5.41) is 9.55. The van der Waals surface area contributed by atoms with Crippen molar-refractivity contribution < 1.29 is 29.0 Å². The molecule has 1 aliphatic carbocycles. The lowest BCUT2D eigenvalue weighted by Gasteiger charge is -2.40. The van der Waals surface area contributed by atoms with E-state index in [0.29, 0.717) is 38.6 Å². The van der Waals surface area contributed by atoms with Crippen molar-refractivity contribution in [3.05, 3.63) is 25.3 Å².